The Morgan fingerprint density at radius 3 is 2.53 bits per heavy atom. The second-order valence-electron chi connectivity index (χ2n) is 4.92. The molecule has 0 radical (unpaired) electrons. The van der Waals surface area contributed by atoms with Crippen LogP contribution in [0.3, 0.4) is 0 Å². The summed E-state index contributed by atoms with van der Waals surface area (Å²) in [4.78, 5) is 0. The summed E-state index contributed by atoms with van der Waals surface area (Å²) in [6, 6.07) is 1.05. The second kappa shape index (κ2) is 5.92. The average Bonchev–Trinajstić information content (AvgIpc) is 2.77. The van der Waals surface area contributed by atoms with Gasteiger partial charge in [-0.05, 0) is 24.9 Å². The van der Waals surface area contributed by atoms with Crippen LogP contribution in [0.25, 0.3) is 0 Å². The Labute approximate surface area is 111 Å². The van der Waals surface area contributed by atoms with Crippen molar-refractivity contribution in [1.29, 1.82) is 0 Å². The molecule has 5 heteroatoms. The fraction of sp³-hybridized carbons (Fsp3) is 0.571. The van der Waals surface area contributed by atoms with E-state index < -0.39 is 23.5 Å². The van der Waals surface area contributed by atoms with Gasteiger partial charge in [0.1, 0.15) is 5.82 Å². The average molecular weight is 273 g/mol. The zero-order valence-electron chi connectivity index (χ0n) is 11.1. The highest BCUT2D eigenvalue weighted by molar-refractivity contribution is 5.25. The minimum Gasteiger partial charge on any atom is -0.376 e. The highest BCUT2D eigenvalue weighted by atomic mass is 19.2. The topological polar surface area (TPSA) is 21.3 Å². The van der Waals surface area contributed by atoms with Gasteiger partial charge >= 0.3 is 0 Å². The summed E-state index contributed by atoms with van der Waals surface area (Å²) in [6.45, 7) is 5.10. The van der Waals surface area contributed by atoms with Crippen molar-refractivity contribution in [2.24, 2.45) is 5.92 Å². The molecule has 1 N–H and O–H groups in total. The number of ether oxygens (including phenoxy) is 1. The molecule has 1 aliphatic rings. The zero-order valence-corrected chi connectivity index (χ0v) is 11.1. The molecule has 3 unspecified atom stereocenters. The summed E-state index contributed by atoms with van der Waals surface area (Å²) < 4.78 is 45.8. The summed E-state index contributed by atoms with van der Waals surface area (Å²) in [6.07, 6.45) is 0.664. The number of hydrogen-bond donors (Lipinski definition) is 1. The Morgan fingerprint density at radius 1 is 1.26 bits per heavy atom. The van der Waals surface area contributed by atoms with Gasteiger partial charge in [0.05, 0.1) is 12.1 Å². The fourth-order valence-corrected chi connectivity index (χ4v) is 2.54. The first-order chi connectivity index (χ1) is 9.04. The Kier molecular flexibility index (Phi) is 4.47. The molecule has 1 fully saturated rings. The van der Waals surface area contributed by atoms with E-state index in [0.717, 1.165) is 12.5 Å². The van der Waals surface area contributed by atoms with Crippen LogP contribution in [0.5, 0.6) is 0 Å². The minimum atomic E-state index is -1.17. The SMILES string of the molecule is CCNC(c1cc(F)c(F)cc1F)C1OCCC1C. The number of benzene rings is 1. The molecule has 3 atom stereocenters. The first-order valence-corrected chi connectivity index (χ1v) is 6.54. The number of rotatable bonds is 4. The maximum Gasteiger partial charge on any atom is 0.161 e. The number of hydrogen-bond acceptors (Lipinski definition) is 2. The quantitative estimate of drug-likeness (QED) is 0.851. The van der Waals surface area contributed by atoms with Crippen LogP contribution in [0.15, 0.2) is 12.1 Å². The van der Waals surface area contributed by atoms with Crippen molar-refractivity contribution in [3.8, 4) is 0 Å². The first kappa shape index (κ1) is 14.3. The predicted octanol–water partition coefficient (Wildman–Crippen LogP) is 3.18. The van der Waals surface area contributed by atoms with Crippen molar-refractivity contribution in [3.63, 3.8) is 0 Å². The van der Waals surface area contributed by atoms with Crippen LogP contribution >= 0.6 is 0 Å². The van der Waals surface area contributed by atoms with Crippen molar-refractivity contribution in [1.82, 2.24) is 5.32 Å². The molecule has 0 aromatic heterocycles. The molecule has 0 amide bonds. The Hall–Kier alpha value is -1.07. The van der Waals surface area contributed by atoms with E-state index >= 15 is 0 Å². The van der Waals surface area contributed by atoms with Gasteiger partial charge in [0.2, 0.25) is 0 Å². The van der Waals surface area contributed by atoms with Crippen LogP contribution in [0.1, 0.15) is 31.9 Å². The highest BCUT2D eigenvalue weighted by Gasteiger charge is 2.34. The van der Waals surface area contributed by atoms with Crippen LogP contribution in [-0.2, 0) is 4.74 Å². The fourth-order valence-electron chi connectivity index (χ4n) is 2.54. The first-order valence-electron chi connectivity index (χ1n) is 6.54. The third kappa shape index (κ3) is 2.92. The van der Waals surface area contributed by atoms with Gasteiger partial charge in [0.15, 0.2) is 11.6 Å². The van der Waals surface area contributed by atoms with E-state index in [1.807, 2.05) is 13.8 Å². The van der Waals surface area contributed by atoms with Gasteiger partial charge in [-0.3, -0.25) is 0 Å². The smallest absolute Gasteiger partial charge is 0.161 e. The molecule has 1 aromatic rings. The lowest BCUT2D eigenvalue weighted by Gasteiger charge is -2.27. The lowest BCUT2D eigenvalue weighted by atomic mass is 9.92. The molecule has 106 valence electrons. The maximum absolute atomic E-state index is 13.9. The summed E-state index contributed by atoms with van der Waals surface area (Å²) in [5.41, 5.74) is 0.125. The molecule has 1 saturated heterocycles. The van der Waals surface area contributed by atoms with E-state index in [2.05, 4.69) is 5.32 Å². The van der Waals surface area contributed by atoms with Gasteiger partial charge in [-0.15, -0.1) is 0 Å². The van der Waals surface area contributed by atoms with E-state index in [1.54, 1.807) is 0 Å². The Balaban J connectivity index is 2.35. The molecule has 2 rings (SSSR count). The predicted molar refractivity (Wildman–Crippen MR) is 66.3 cm³/mol. The van der Waals surface area contributed by atoms with E-state index in [0.29, 0.717) is 19.2 Å². The number of likely N-dealkylation sites (N-methyl/N-ethyl adjacent to an activating group) is 1. The van der Waals surface area contributed by atoms with Crippen molar-refractivity contribution in [2.75, 3.05) is 13.2 Å². The Bertz CT molecular complexity index is 453. The molecule has 0 aliphatic carbocycles. The third-order valence-corrected chi connectivity index (χ3v) is 3.57. The van der Waals surface area contributed by atoms with Crippen molar-refractivity contribution < 1.29 is 17.9 Å². The molecule has 1 aliphatic heterocycles. The summed E-state index contributed by atoms with van der Waals surface area (Å²) in [7, 11) is 0. The van der Waals surface area contributed by atoms with Gasteiger partial charge in [-0.25, -0.2) is 13.2 Å². The van der Waals surface area contributed by atoms with E-state index in [-0.39, 0.29) is 17.6 Å². The largest absolute Gasteiger partial charge is 0.376 e. The molecule has 1 aromatic carbocycles. The number of halogens is 3. The molecule has 19 heavy (non-hydrogen) atoms. The van der Waals surface area contributed by atoms with Gasteiger partial charge in [0, 0.05) is 18.2 Å². The third-order valence-electron chi connectivity index (χ3n) is 3.57. The van der Waals surface area contributed by atoms with Crippen LogP contribution < -0.4 is 5.32 Å². The summed E-state index contributed by atoms with van der Waals surface area (Å²) in [5.74, 6) is -2.70. The zero-order chi connectivity index (χ0) is 14.0. The lowest BCUT2D eigenvalue weighted by Crippen LogP contribution is -2.35. The van der Waals surface area contributed by atoms with Gasteiger partial charge < -0.3 is 10.1 Å². The normalized spacial score (nSPS) is 24.7. The Morgan fingerprint density at radius 2 is 1.95 bits per heavy atom. The minimum absolute atomic E-state index is 0.125. The van der Waals surface area contributed by atoms with Gasteiger partial charge in [-0.2, -0.15) is 0 Å². The standard InChI is InChI=1S/C14H18F3NO/c1-3-18-13(14-8(2)4-5-19-14)9-6-11(16)12(17)7-10(9)15/h6-8,13-14,18H,3-5H2,1-2H3. The van der Waals surface area contributed by atoms with Crippen LogP contribution in [0.4, 0.5) is 13.2 Å². The van der Waals surface area contributed by atoms with Crippen LogP contribution in [0, 0.1) is 23.4 Å². The van der Waals surface area contributed by atoms with Gasteiger partial charge in [-0.1, -0.05) is 13.8 Å². The van der Waals surface area contributed by atoms with E-state index in [4.69, 9.17) is 4.74 Å². The summed E-state index contributed by atoms with van der Waals surface area (Å²) >= 11 is 0. The van der Waals surface area contributed by atoms with Crippen molar-refractivity contribution in [3.05, 3.63) is 35.1 Å². The molecular weight excluding hydrogens is 255 g/mol. The highest BCUT2D eigenvalue weighted by Crippen LogP contribution is 2.33. The molecule has 1 heterocycles. The van der Waals surface area contributed by atoms with Crippen molar-refractivity contribution >= 4 is 0 Å². The second-order valence-corrected chi connectivity index (χ2v) is 4.92. The summed E-state index contributed by atoms with van der Waals surface area (Å²) in [5, 5.41) is 3.10. The molecular formula is C14H18F3NO. The van der Waals surface area contributed by atoms with Crippen LogP contribution in [-0.4, -0.2) is 19.3 Å². The number of nitrogens with one attached hydrogen (secondary N) is 1. The molecule has 0 spiro atoms. The van der Waals surface area contributed by atoms with E-state index in [9.17, 15) is 13.2 Å². The van der Waals surface area contributed by atoms with Crippen LogP contribution in [0.2, 0.25) is 0 Å². The lowest BCUT2D eigenvalue weighted by molar-refractivity contribution is 0.0599. The van der Waals surface area contributed by atoms with Crippen molar-refractivity contribution in [2.45, 2.75) is 32.4 Å². The monoisotopic (exact) mass is 273 g/mol. The van der Waals surface area contributed by atoms with E-state index in [1.165, 1.54) is 0 Å². The molecule has 0 bridgehead atoms. The maximum atomic E-state index is 13.9. The molecule has 2 nitrogen and oxygen atoms in total. The van der Waals surface area contributed by atoms with Gasteiger partial charge in [0.25, 0.3) is 0 Å². The molecule has 0 saturated carbocycles.